The van der Waals surface area contributed by atoms with Crippen LogP contribution in [-0.2, 0) is 0 Å². The van der Waals surface area contributed by atoms with E-state index in [0.717, 1.165) is 12.0 Å². The smallest absolute Gasteiger partial charge is 0.204 e. The van der Waals surface area contributed by atoms with Crippen LogP contribution in [0.4, 0.5) is 0 Å². The topological polar surface area (TPSA) is 69.6 Å². The molecule has 0 saturated carbocycles. The van der Waals surface area contributed by atoms with E-state index >= 15 is 0 Å². The molecule has 0 saturated heterocycles. The van der Waals surface area contributed by atoms with Crippen LogP contribution in [0.1, 0.15) is 19.4 Å². The maximum absolute atomic E-state index is 5.63. The Hall–Kier alpha value is -1.75. The second-order valence-electron chi connectivity index (χ2n) is 3.60. The van der Waals surface area contributed by atoms with Crippen molar-refractivity contribution in [3.8, 4) is 11.4 Å². The molecule has 0 radical (unpaired) electrons. The van der Waals surface area contributed by atoms with Crippen molar-refractivity contribution >= 4 is 0 Å². The molecule has 2 N–H and O–H groups in total. The zero-order valence-corrected chi connectivity index (χ0v) is 9.24. The molecule has 2 aromatic rings. The van der Waals surface area contributed by atoms with Gasteiger partial charge in [-0.2, -0.15) is 4.80 Å². The first-order valence-electron chi connectivity index (χ1n) is 5.40. The van der Waals surface area contributed by atoms with E-state index < -0.39 is 0 Å². The second kappa shape index (κ2) is 4.85. The van der Waals surface area contributed by atoms with E-state index in [9.17, 15) is 0 Å². The van der Waals surface area contributed by atoms with Crippen LogP contribution < -0.4 is 5.73 Å². The van der Waals surface area contributed by atoms with Crippen LogP contribution in [0.15, 0.2) is 30.3 Å². The Morgan fingerprint density at radius 3 is 2.69 bits per heavy atom. The minimum Gasteiger partial charge on any atom is -0.328 e. The van der Waals surface area contributed by atoms with Gasteiger partial charge in [-0.1, -0.05) is 37.3 Å². The molecule has 1 aromatic heterocycles. The van der Waals surface area contributed by atoms with Gasteiger partial charge in [0.15, 0.2) is 0 Å². The maximum atomic E-state index is 5.63. The highest BCUT2D eigenvalue weighted by molar-refractivity contribution is 5.52. The Morgan fingerprint density at radius 2 is 2.06 bits per heavy atom. The normalized spacial score (nSPS) is 12.6. The molecule has 0 amide bonds. The third-order valence-electron chi connectivity index (χ3n) is 2.53. The molecular formula is C11H15N5. The Morgan fingerprint density at radius 1 is 1.31 bits per heavy atom. The third-order valence-corrected chi connectivity index (χ3v) is 2.53. The van der Waals surface area contributed by atoms with E-state index in [0.29, 0.717) is 12.4 Å². The average molecular weight is 217 g/mol. The molecule has 5 nitrogen and oxygen atoms in total. The van der Waals surface area contributed by atoms with Crippen LogP contribution in [0.2, 0.25) is 0 Å². The summed E-state index contributed by atoms with van der Waals surface area (Å²) in [4.78, 5) is 1.60. The number of hydrogen-bond acceptors (Lipinski definition) is 4. The van der Waals surface area contributed by atoms with Gasteiger partial charge >= 0.3 is 0 Å². The molecule has 2 rings (SSSR count). The highest BCUT2D eigenvalue weighted by atomic mass is 15.6. The van der Waals surface area contributed by atoms with Crippen molar-refractivity contribution in [3.05, 3.63) is 30.3 Å². The molecule has 1 unspecified atom stereocenters. The van der Waals surface area contributed by atoms with Gasteiger partial charge in [0, 0.05) is 12.1 Å². The van der Waals surface area contributed by atoms with E-state index in [1.807, 2.05) is 30.3 Å². The van der Waals surface area contributed by atoms with Crippen molar-refractivity contribution in [1.29, 1.82) is 0 Å². The summed E-state index contributed by atoms with van der Waals surface area (Å²) in [6.45, 7) is 2.59. The van der Waals surface area contributed by atoms with Gasteiger partial charge in [0.25, 0.3) is 0 Å². The lowest BCUT2D eigenvalue weighted by Crippen LogP contribution is -2.20. The molecule has 0 bridgehead atoms. The summed E-state index contributed by atoms with van der Waals surface area (Å²) in [5.74, 6) is 0.646. The Bertz CT molecular complexity index is 433. The summed E-state index contributed by atoms with van der Waals surface area (Å²) in [5, 5.41) is 12.4. The lowest BCUT2D eigenvalue weighted by molar-refractivity contribution is 0.393. The molecule has 0 aliphatic rings. The summed E-state index contributed by atoms with van der Waals surface area (Å²) in [6.07, 6.45) is 0.904. The number of nitrogens with zero attached hydrogens (tertiary/aromatic N) is 4. The van der Waals surface area contributed by atoms with Crippen molar-refractivity contribution < 1.29 is 0 Å². The number of hydrogen-bond donors (Lipinski definition) is 1. The lowest BCUT2D eigenvalue weighted by Gasteiger charge is -2.08. The quantitative estimate of drug-likeness (QED) is 0.836. The van der Waals surface area contributed by atoms with Crippen LogP contribution >= 0.6 is 0 Å². The van der Waals surface area contributed by atoms with Crippen LogP contribution in [0, 0.1) is 0 Å². The summed E-state index contributed by atoms with van der Waals surface area (Å²) < 4.78 is 0. The monoisotopic (exact) mass is 217 g/mol. The largest absolute Gasteiger partial charge is 0.328 e. The highest BCUT2D eigenvalue weighted by Crippen LogP contribution is 2.14. The minimum absolute atomic E-state index is 0.130. The van der Waals surface area contributed by atoms with Gasteiger partial charge in [-0.3, -0.25) is 0 Å². The number of tetrazole rings is 1. The minimum atomic E-state index is 0.130. The fourth-order valence-electron chi connectivity index (χ4n) is 1.51. The molecule has 0 aliphatic carbocycles. The fourth-order valence-corrected chi connectivity index (χ4v) is 1.51. The molecular weight excluding hydrogens is 202 g/mol. The van der Waals surface area contributed by atoms with E-state index in [2.05, 4.69) is 22.3 Å². The van der Waals surface area contributed by atoms with Crippen molar-refractivity contribution in [2.24, 2.45) is 5.73 Å². The molecule has 0 aliphatic heterocycles. The van der Waals surface area contributed by atoms with Gasteiger partial charge in [0.1, 0.15) is 0 Å². The van der Waals surface area contributed by atoms with E-state index in [4.69, 9.17) is 5.73 Å². The number of nitrogens with two attached hydrogens (primary N) is 1. The highest BCUT2D eigenvalue weighted by Gasteiger charge is 2.11. The van der Waals surface area contributed by atoms with E-state index in [-0.39, 0.29) is 6.04 Å². The maximum Gasteiger partial charge on any atom is 0.204 e. The van der Waals surface area contributed by atoms with Crippen molar-refractivity contribution in [1.82, 2.24) is 20.2 Å². The lowest BCUT2D eigenvalue weighted by atomic mass is 10.2. The summed E-state index contributed by atoms with van der Waals surface area (Å²) in [5.41, 5.74) is 6.61. The third kappa shape index (κ3) is 2.09. The summed E-state index contributed by atoms with van der Waals surface area (Å²) in [6, 6.07) is 9.93. The molecule has 1 aromatic carbocycles. The van der Waals surface area contributed by atoms with Crippen LogP contribution in [0.5, 0.6) is 0 Å². The van der Waals surface area contributed by atoms with Gasteiger partial charge in [-0.25, -0.2) is 0 Å². The number of rotatable bonds is 4. The molecule has 5 heteroatoms. The van der Waals surface area contributed by atoms with E-state index in [1.54, 1.807) is 4.80 Å². The fraction of sp³-hybridized carbons (Fsp3) is 0.364. The predicted molar refractivity (Wildman–Crippen MR) is 61.6 cm³/mol. The van der Waals surface area contributed by atoms with Gasteiger partial charge in [0.2, 0.25) is 5.82 Å². The van der Waals surface area contributed by atoms with Gasteiger partial charge in [0.05, 0.1) is 6.04 Å². The first kappa shape index (κ1) is 10.8. The van der Waals surface area contributed by atoms with Crippen LogP contribution in [-0.4, -0.2) is 26.8 Å². The molecule has 0 spiro atoms. The van der Waals surface area contributed by atoms with Gasteiger partial charge in [-0.15, -0.1) is 10.2 Å². The molecule has 16 heavy (non-hydrogen) atoms. The van der Waals surface area contributed by atoms with Crippen LogP contribution in [0.25, 0.3) is 11.4 Å². The van der Waals surface area contributed by atoms with Gasteiger partial charge < -0.3 is 5.73 Å². The number of benzene rings is 1. The van der Waals surface area contributed by atoms with Gasteiger partial charge in [-0.05, 0) is 11.6 Å². The number of aromatic nitrogens is 4. The molecule has 1 atom stereocenters. The Balaban J connectivity index is 2.26. The molecule has 1 heterocycles. The zero-order valence-electron chi connectivity index (χ0n) is 9.24. The average Bonchev–Trinajstić information content (AvgIpc) is 2.81. The van der Waals surface area contributed by atoms with Crippen LogP contribution in [0.3, 0.4) is 0 Å². The summed E-state index contributed by atoms with van der Waals surface area (Å²) in [7, 11) is 0. The first-order chi connectivity index (χ1) is 7.85. The second-order valence-corrected chi connectivity index (χ2v) is 3.60. The van der Waals surface area contributed by atoms with Crippen molar-refractivity contribution in [2.75, 3.05) is 6.54 Å². The first-order valence-corrected chi connectivity index (χ1v) is 5.40. The Kier molecular flexibility index (Phi) is 3.26. The Labute approximate surface area is 94.3 Å². The molecule has 0 fully saturated rings. The van der Waals surface area contributed by atoms with E-state index in [1.165, 1.54) is 0 Å². The van der Waals surface area contributed by atoms with Crippen molar-refractivity contribution in [2.45, 2.75) is 19.4 Å². The molecule has 84 valence electrons. The zero-order chi connectivity index (χ0) is 11.4. The van der Waals surface area contributed by atoms with Crippen molar-refractivity contribution in [3.63, 3.8) is 0 Å². The predicted octanol–water partition coefficient (Wildman–Crippen LogP) is 1.25. The summed E-state index contributed by atoms with van der Waals surface area (Å²) >= 11 is 0. The SMILES string of the molecule is CCC(CN)n1nnc(-c2ccccc2)n1. The standard InChI is InChI=1S/C11H15N5/c1-2-10(8-12)16-14-11(13-15-16)9-6-4-3-5-7-9/h3-7,10H,2,8,12H2,1H3.